The van der Waals surface area contributed by atoms with Gasteiger partial charge in [0.1, 0.15) is 6.26 Å². The van der Waals surface area contributed by atoms with Crippen molar-refractivity contribution in [3.63, 3.8) is 0 Å². The van der Waals surface area contributed by atoms with Crippen LogP contribution in [0.15, 0.2) is 29.3 Å². The van der Waals surface area contributed by atoms with E-state index in [9.17, 15) is 4.55 Å². The van der Waals surface area contributed by atoms with Crippen LogP contribution in [0, 0.1) is 6.92 Å². The molecule has 1 aromatic carbocycles. The molecule has 0 aliphatic heterocycles. The minimum Gasteiger partial charge on any atom is -0.610 e. The number of benzene rings is 1. The molecule has 2 nitrogen and oxygen atoms in total. The zero-order valence-electron chi connectivity index (χ0n) is 7.33. The first-order valence-corrected chi connectivity index (χ1v) is 5.52. The van der Waals surface area contributed by atoms with Crippen molar-refractivity contribution in [3.05, 3.63) is 36.8 Å². The molecule has 1 unspecified atom stereocenters. The van der Waals surface area contributed by atoms with E-state index in [-0.39, 0.29) is 0 Å². The number of aromatic amines is 1. The Hall–Kier alpha value is -0.930. The summed E-state index contributed by atoms with van der Waals surface area (Å²) in [6.07, 6.45) is 1.65. The second kappa shape index (κ2) is 3.09. The van der Waals surface area contributed by atoms with E-state index in [1.165, 1.54) is 0 Å². The lowest BCUT2D eigenvalue weighted by Gasteiger charge is -2.00. The molecule has 0 aliphatic rings. The van der Waals surface area contributed by atoms with E-state index >= 15 is 0 Å². The molecule has 1 N–H and O–H groups in total. The predicted molar refractivity (Wildman–Crippen MR) is 55.1 cm³/mol. The van der Waals surface area contributed by atoms with Crippen LogP contribution in [-0.2, 0) is 11.2 Å². The van der Waals surface area contributed by atoms with Gasteiger partial charge in [0.15, 0.2) is 0 Å². The Labute approximate surface area is 80.1 Å². The van der Waals surface area contributed by atoms with E-state index in [0.29, 0.717) is 0 Å². The first-order chi connectivity index (χ1) is 6.20. The quantitative estimate of drug-likeness (QED) is 0.690. The lowest BCUT2D eigenvalue weighted by Crippen LogP contribution is -1.98. The SMILES string of the molecule is [CH2]c1c([S+](C)[O-])[nH]c2ccccc12. The van der Waals surface area contributed by atoms with Gasteiger partial charge in [-0.1, -0.05) is 18.2 Å². The highest BCUT2D eigenvalue weighted by Crippen LogP contribution is 2.24. The van der Waals surface area contributed by atoms with Gasteiger partial charge in [-0.15, -0.1) is 0 Å². The molecule has 67 valence electrons. The van der Waals surface area contributed by atoms with Gasteiger partial charge in [0.2, 0.25) is 5.03 Å². The fourth-order valence-electron chi connectivity index (χ4n) is 1.42. The monoisotopic (exact) mass is 192 g/mol. The second-order valence-electron chi connectivity index (χ2n) is 2.93. The predicted octanol–water partition coefficient (Wildman–Crippen LogP) is 2.09. The van der Waals surface area contributed by atoms with Gasteiger partial charge in [-0.25, -0.2) is 0 Å². The molecule has 2 rings (SSSR count). The molecule has 2 aromatic rings. The molecular formula is C10H10NOS. The third kappa shape index (κ3) is 1.34. The van der Waals surface area contributed by atoms with Crippen LogP contribution in [0.25, 0.3) is 10.9 Å². The molecule has 0 fully saturated rings. The molecule has 1 aromatic heterocycles. The number of rotatable bonds is 1. The average Bonchev–Trinajstić information content (AvgIpc) is 2.45. The van der Waals surface area contributed by atoms with E-state index in [1.54, 1.807) is 6.26 Å². The molecule has 0 saturated heterocycles. The van der Waals surface area contributed by atoms with Gasteiger partial charge in [-0.05, 0) is 13.0 Å². The summed E-state index contributed by atoms with van der Waals surface area (Å²) in [5.74, 6) is 0. The Morgan fingerprint density at radius 3 is 2.69 bits per heavy atom. The van der Waals surface area contributed by atoms with Gasteiger partial charge in [-0.2, -0.15) is 0 Å². The van der Waals surface area contributed by atoms with Crippen LogP contribution < -0.4 is 0 Å². The molecule has 1 heterocycles. The third-order valence-electron chi connectivity index (χ3n) is 2.06. The number of H-pyrrole nitrogens is 1. The summed E-state index contributed by atoms with van der Waals surface area (Å²) in [6, 6.07) is 7.83. The number of hydrogen-bond acceptors (Lipinski definition) is 1. The van der Waals surface area contributed by atoms with Crippen molar-refractivity contribution in [2.24, 2.45) is 0 Å². The Morgan fingerprint density at radius 2 is 2.08 bits per heavy atom. The van der Waals surface area contributed by atoms with E-state index in [2.05, 4.69) is 11.9 Å². The summed E-state index contributed by atoms with van der Waals surface area (Å²) in [7, 11) is 0. The first-order valence-electron chi connectivity index (χ1n) is 3.96. The number of para-hydroxylation sites is 1. The molecule has 3 heteroatoms. The van der Waals surface area contributed by atoms with E-state index in [0.717, 1.165) is 21.5 Å². The van der Waals surface area contributed by atoms with Crippen LogP contribution in [0.5, 0.6) is 0 Å². The summed E-state index contributed by atoms with van der Waals surface area (Å²) in [5.41, 5.74) is 1.84. The van der Waals surface area contributed by atoms with Crippen molar-refractivity contribution >= 4 is 22.1 Å². The minimum absolute atomic E-state index is 0.723. The molecule has 0 aliphatic carbocycles. The molecule has 0 spiro atoms. The highest BCUT2D eigenvalue weighted by molar-refractivity contribution is 7.90. The maximum Gasteiger partial charge on any atom is 0.226 e. The van der Waals surface area contributed by atoms with Crippen LogP contribution in [0.2, 0.25) is 0 Å². The smallest absolute Gasteiger partial charge is 0.226 e. The van der Waals surface area contributed by atoms with Gasteiger partial charge in [-0.3, -0.25) is 0 Å². The largest absolute Gasteiger partial charge is 0.610 e. The van der Waals surface area contributed by atoms with Crippen molar-refractivity contribution < 1.29 is 4.55 Å². The van der Waals surface area contributed by atoms with Crippen LogP contribution in [0.4, 0.5) is 0 Å². The van der Waals surface area contributed by atoms with Gasteiger partial charge in [0.05, 0.1) is 0 Å². The second-order valence-corrected chi connectivity index (χ2v) is 4.25. The maximum absolute atomic E-state index is 11.3. The van der Waals surface area contributed by atoms with Gasteiger partial charge >= 0.3 is 0 Å². The van der Waals surface area contributed by atoms with Crippen molar-refractivity contribution in [3.8, 4) is 0 Å². The Kier molecular flexibility index (Phi) is 2.06. The third-order valence-corrected chi connectivity index (χ3v) is 2.99. The highest BCUT2D eigenvalue weighted by atomic mass is 32.2. The summed E-state index contributed by atoms with van der Waals surface area (Å²) >= 11 is -0.991. The summed E-state index contributed by atoms with van der Waals surface area (Å²) in [5, 5.41) is 1.77. The zero-order chi connectivity index (χ0) is 9.42. The highest BCUT2D eigenvalue weighted by Gasteiger charge is 2.14. The minimum atomic E-state index is -0.991. The zero-order valence-corrected chi connectivity index (χ0v) is 8.15. The van der Waals surface area contributed by atoms with Crippen molar-refractivity contribution in [1.82, 2.24) is 4.98 Å². The molecule has 0 amide bonds. The molecule has 1 atom stereocenters. The van der Waals surface area contributed by atoms with Gasteiger partial charge < -0.3 is 9.54 Å². The van der Waals surface area contributed by atoms with Crippen LogP contribution >= 0.6 is 0 Å². The van der Waals surface area contributed by atoms with Crippen molar-refractivity contribution in [2.75, 3.05) is 6.26 Å². The molecular weight excluding hydrogens is 182 g/mol. The van der Waals surface area contributed by atoms with Crippen LogP contribution in [0.3, 0.4) is 0 Å². The summed E-state index contributed by atoms with van der Waals surface area (Å²) < 4.78 is 11.3. The van der Waals surface area contributed by atoms with Crippen molar-refractivity contribution in [2.45, 2.75) is 5.03 Å². The number of fused-ring (bicyclic) bond motifs is 1. The lowest BCUT2D eigenvalue weighted by molar-refractivity contribution is 0.598. The number of nitrogens with one attached hydrogen (secondary N) is 1. The summed E-state index contributed by atoms with van der Waals surface area (Å²) in [6.45, 7) is 3.91. The van der Waals surface area contributed by atoms with Gasteiger partial charge in [0.25, 0.3) is 0 Å². The number of hydrogen-bond donors (Lipinski definition) is 1. The Bertz CT molecular complexity index is 433. The van der Waals surface area contributed by atoms with Crippen LogP contribution in [-0.4, -0.2) is 15.8 Å². The Morgan fingerprint density at radius 1 is 1.38 bits per heavy atom. The fourth-order valence-corrected chi connectivity index (χ4v) is 2.13. The molecule has 0 saturated carbocycles. The van der Waals surface area contributed by atoms with E-state index in [4.69, 9.17) is 0 Å². The Balaban J connectivity index is 2.74. The van der Waals surface area contributed by atoms with E-state index < -0.39 is 11.2 Å². The fraction of sp³-hybridized carbons (Fsp3) is 0.100. The number of aromatic nitrogens is 1. The lowest BCUT2D eigenvalue weighted by atomic mass is 10.2. The first kappa shape index (κ1) is 8.66. The standard InChI is InChI=1S/C10H10NOS/c1-7-8-5-3-4-6-9(8)11-10(7)13(2)12/h3-6,11H,1H2,2H3. The maximum atomic E-state index is 11.3. The van der Waals surface area contributed by atoms with E-state index in [1.807, 2.05) is 24.3 Å². The van der Waals surface area contributed by atoms with Crippen LogP contribution in [0.1, 0.15) is 5.56 Å². The normalized spacial score (nSPS) is 13.5. The molecule has 1 radical (unpaired) electrons. The average molecular weight is 192 g/mol. The topological polar surface area (TPSA) is 38.8 Å². The molecule has 0 bridgehead atoms. The van der Waals surface area contributed by atoms with Crippen molar-refractivity contribution in [1.29, 1.82) is 0 Å². The van der Waals surface area contributed by atoms with Gasteiger partial charge in [0, 0.05) is 27.6 Å². The summed E-state index contributed by atoms with van der Waals surface area (Å²) in [4.78, 5) is 3.10. The molecule has 13 heavy (non-hydrogen) atoms.